The lowest BCUT2D eigenvalue weighted by Crippen LogP contribution is -2.56. The minimum absolute atomic E-state index is 0.670. The van der Waals surface area contributed by atoms with Crippen molar-refractivity contribution >= 4 is 7.28 Å². The number of hydrogen-bond donors (Lipinski definition) is 0. The Morgan fingerprint density at radius 3 is 2.53 bits per heavy atom. The molecule has 105 valence electrons. The molecule has 1 radical (unpaired) electrons. The van der Waals surface area contributed by atoms with Gasteiger partial charge in [0.25, 0.3) is 0 Å². The van der Waals surface area contributed by atoms with Gasteiger partial charge in [0.2, 0.25) is 0 Å². The zero-order valence-corrected chi connectivity index (χ0v) is 13.1. The number of fused-ring (bicyclic) bond motifs is 4. The maximum absolute atomic E-state index is 2.79. The van der Waals surface area contributed by atoms with E-state index in [0.717, 1.165) is 41.2 Å². The van der Waals surface area contributed by atoms with Crippen molar-refractivity contribution in [3.63, 3.8) is 0 Å². The lowest BCUT2D eigenvalue weighted by molar-refractivity contribution is -0.142. The highest BCUT2D eigenvalue weighted by Gasteiger charge is 2.58. The molecule has 6 unspecified atom stereocenters. The summed E-state index contributed by atoms with van der Waals surface area (Å²) in [4.78, 5) is 0. The molecule has 0 spiro atoms. The fourth-order valence-corrected chi connectivity index (χ4v) is 6.66. The first-order valence-electron chi connectivity index (χ1n) is 8.92. The summed E-state index contributed by atoms with van der Waals surface area (Å²) in [6.07, 6.45) is 10.7. The molecule has 4 bridgehead atoms. The second kappa shape index (κ2) is 4.28. The molecule has 0 amide bonds. The van der Waals surface area contributed by atoms with Crippen LogP contribution >= 0.6 is 0 Å². The molecule has 0 aromatic carbocycles. The van der Waals surface area contributed by atoms with Gasteiger partial charge in [-0.2, -0.15) is 0 Å². The molecule has 0 nitrogen and oxygen atoms in total. The Labute approximate surface area is 120 Å². The van der Waals surface area contributed by atoms with Crippen LogP contribution in [0, 0.1) is 35.0 Å². The molecule has 0 aromatic rings. The van der Waals surface area contributed by atoms with Crippen molar-refractivity contribution in [3.05, 3.63) is 0 Å². The first-order chi connectivity index (χ1) is 9.07. The van der Waals surface area contributed by atoms with Gasteiger partial charge in [-0.3, -0.25) is 0 Å². The fraction of sp³-hybridized carbons (Fsp3) is 1.00. The number of rotatable bonds is 1. The van der Waals surface area contributed by atoms with Gasteiger partial charge >= 0.3 is 0 Å². The zero-order chi connectivity index (χ0) is 13.2. The summed E-state index contributed by atoms with van der Waals surface area (Å²) >= 11 is 0. The van der Waals surface area contributed by atoms with Crippen LogP contribution in [0.5, 0.6) is 0 Å². The summed E-state index contributed by atoms with van der Waals surface area (Å²) in [7, 11) is 2.79. The minimum atomic E-state index is 0.670. The van der Waals surface area contributed by atoms with E-state index in [9.17, 15) is 0 Å². The summed E-state index contributed by atoms with van der Waals surface area (Å²) in [5, 5.41) is 0. The van der Waals surface area contributed by atoms with Gasteiger partial charge in [0.05, 0.1) is 0 Å². The van der Waals surface area contributed by atoms with Gasteiger partial charge < -0.3 is 0 Å². The first kappa shape index (κ1) is 12.8. The maximum Gasteiger partial charge on any atom is 0.118 e. The molecule has 2 heterocycles. The molecular weight excluding hydrogens is 227 g/mol. The van der Waals surface area contributed by atoms with Crippen LogP contribution < -0.4 is 0 Å². The molecule has 5 fully saturated rings. The summed E-state index contributed by atoms with van der Waals surface area (Å²) < 4.78 is 0. The van der Waals surface area contributed by atoms with Crippen LogP contribution in [0.25, 0.3) is 0 Å². The van der Waals surface area contributed by atoms with E-state index in [1.54, 1.807) is 19.3 Å². The van der Waals surface area contributed by atoms with Crippen LogP contribution in [0.1, 0.15) is 65.7 Å². The highest BCUT2D eigenvalue weighted by Crippen LogP contribution is 2.66. The van der Waals surface area contributed by atoms with Gasteiger partial charge in [-0.1, -0.05) is 64.5 Å². The van der Waals surface area contributed by atoms with Gasteiger partial charge in [0.15, 0.2) is 0 Å². The third kappa shape index (κ3) is 1.79. The Morgan fingerprint density at radius 2 is 1.79 bits per heavy atom. The van der Waals surface area contributed by atoms with Crippen molar-refractivity contribution in [2.24, 2.45) is 35.0 Å². The van der Waals surface area contributed by atoms with Crippen LogP contribution in [0.4, 0.5) is 0 Å². The van der Waals surface area contributed by atoms with Crippen LogP contribution in [-0.4, -0.2) is 7.28 Å². The molecule has 5 aliphatic rings. The molecule has 7 atom stereocenters. The summed E-state index contributed by atoms with van der Waals surface area (Å²) in [6.45, 7) is 7.69. The van der Waals surface area contributed by atoms with E-state index in [0.29, 0.717) is 5.41 Å². The van der Waals surface area contributed by atoms with E-state index in [2.05, 4.69) is 28.1 Å². The third-order valence-electron chi connectivity index (χ3n) is 8.02. The normalized spacial score (nSPS) is 55.0. The van der Waals surface area contributed by atoms with E-state index in [1.807, 2.05) is 0 Å². The average Bonchev–Trinajstić information content (AvgIpc) is 2.39. The topological polar surface area (TPSA) is 0 Å². The molecule has 3 aliphatic carbocycles. The number of hydrogen-bond acceptors (Lipinski definition) is 0. The third-order valence-corrected chi connectivity index (χ3v) is 8.02. The van der Waals surface area contributed by atoms with Crippen LogP contribution in [-0.2, 0) is 0 Å². The molecule has 2 saturated heterocycles. The lowest BCUT2D eigenvalue weighted by Gasteiger charge is -2.64. The highest BCUT2D eigenvalue weighted by molar-refractivity contribution is 6.40. The van der Waals surface area contributed by atoms with E-state index in [4.69, 9.17) is 0 Å². The summed E-state index contributed by atoms with van der Waals surface area (Å²) in [5.74, 6) is 7.22. The van der Waals surface area contributed by atoms with Crippen molar-refractivity contribution in [2.75, 3.05) is 0 Å². The van der Waals surface area contributed by atoms with Crippen molar-refractivity contribution in [1.82, 2.24) is 0 Å². The van der Waals surface area contributed by atoms with Gasteiger partial charge in [-0.05, 0) is 47.8 Å². The molecule has 0 aromatic heterocycles. The van der Waals surface area contributed by atoms with E-state index in [1.165, 1.54) is 25.7 Å². The average molecular weight is 257 g/mol. The summed E-state index contributed by atoms with van der Waals surface area (Å²) in [6, 6.07) is 0. The SMILES string of the molecule is CC1C(C2CCC3[B]C2CCC3)CC2C[C@@H]1C2(C)C. The van der Waals surface area contributed by atoms with E-state index >= 15 is 0 Å². The van der Waals surface area contributed by atoms with Crippen LogP contribution in [0.2, 0.25) is 11.6 Å². The van der Waals surface area contributed by atoms with E-state index < -0.39 is 0 Å². The largest absolute Gasteiger partial charge is 0.118 e. The smallest absolute Gasteiger partial charge is 0.0686 e. The zero-order valence-electron chi connectivity index (χ0n) is 13.1. The van der Waals surface area contributed by atoms with Crippen molar-refractivity contribution in [2.45, 2.75) is 77.4 Å². The van der Waals surface area contributed by atoms with Crippen LogP contribution in [0.15, 0.2) is 0 Å². The monoisotopic (exact) mass is 257 g/mol. The summed E-state index contributed by atoms with van der Waals surface area (Å²) in [5.41, 5.74) is 0.670. The van der Waals surface area contributed by atoms with Crippen LogP contribution in [0.3, 0.4) is 0 Å². The molecule has 0 N–H and O–H groups in total. The Hall–Kier alpha value is 0.0649. The molecule has 2 aliphatic heterocycles. The van der Waals surface area contributed by atoms with Gasteiger partial charge in [-0.25, -0.2) is 0 Å². The Bertz CT molecular complexity index is 361. The molecular formula is C18H30B. The molecule has 3 saturated carbocycles. The van der Waals surface area contributed by atoms with Gasteiger partial charge in [0.1, 0.15) is 7.28 Å². The fourth-order valence-electron chi connectivity index (χ4n) is 6.66. The Balaban J connectivity index is 1.51. The predicted octanol–water partition coefficient (Wildman–Crippen LogP) is 5.18. The first-order valence-corrected chi connectivity index (χ1v) is 8.92. The van der Waals surface area contributed by atoms with Crippen molar-refractivity contribution < 1.29 is 0 Å². The van der Waals surface area contributed by atoms with Crippen molar-refractivity contribution in [3.8, 4) is 0 Å². The van der Waals surface area contributed by atoms with E-state index in [-0.39, 0.29) is 0 Å². The van der Waals surface area contributed by atoms with Gasteiger partial charge in [-0.15, -0.1) is 0 Å². The lowest BCUT2D eigenvalue weighted by atomic mass is 9.36. The molecule has 19 heavy (non-hydrogen) atoms. The Kier molecular flexibility index (Phi) is 2.88. The quantitative estimate of drug-likeness (QED) is 0.568. The second-order valence-corrected chi connectivity index (χ2v) is 8.91. The molecule has 5 rings (SSSR count). The molecule has 1 heteroatoms. The standard InChI is InChI=1S/C18H30B/c1-11-15(9-12-10-16(11)18(12,2)3)14-8-7-13-5-4-6-17(14)19-13/h11-17H,4-10H2,1-3H3/t11?,12?,13?,14?,15?,16-,17?/m0/s1. The van der Waals surface area contributed by atoms with Crippen molar-refractivity contribution in [1.29, 1.82) is 0 Å². The maximum atomic E-state index is 2.79. The second-order valence-electron chi connectivity index (χ2n) is 8.91. The van der Waals surface area contributed by atoms with Gasteiger partial charge in [0, 0.05) is 0 Å². The predicted molar refractivity (Wildman–Crippen MR) is 82.5 cm³/mol. The minimum Gasteiger partial charge on any atom is -0.0686 e. The highest BCUT2D eigenvalue weighted by atomic mass is 14.6. The Morgan fingerprint density at radius 1 is 0.947 bits per heavy atom.